The number of rotatable bonds is 12. The zero-order valence-electron chi connectivity index (χ0n) is 22.5. The Morgan fingerprint density at radius 3 is 2.23 bits per heavy atom. The number of nitrogens with one attached hydrogen (secondary N) is 1. The van der Waals surface area contributed by atoms with Crippen molar-refractivity contribution in [1.82, 2.24) is 10.2 Å². The van der Waals surface area contributed by atoms with E-state index in [2.05, 4.69) is 5.32 Å². The van der Waals surface area contributed by atoms with E-state index in [1.54, 1.807) is 0 Å². The van der Waals surface area contributed by atoms with Crippen LogP contribution in [0.1, 0.15) is 31.4 Å². The van der Waals surface area contributed by atoms with E-state index in [1.165, 1.54) is 47.4 Å². The fourth-order valence-electron chi connectivity index (χ4n) is 4.05. The number of sulfonamides is 1. The zero-order chi connectivity index (χ0) is 29.4. The van der Waals surface area contributed by atoms with Crippen molar-refractivity contribution in [3.63, 3.8) is 0 Å². The van der Waals surface area contributed by atoms with Crippen LogP contribution < -0.4 is 9.62 Å². The lowest BCUT2D eigenvalue weighted by Gasteiger charge is -2.34. The molecule has 1 N–H and O–H groups in total. The van der Waals surface area contributed by atoms with E-state index in [9.17, 15) is 22.4 Å². The Labute approximate surface area is 244 Å². The van der Waals surface area contributed by atoms with Crippen LogP contribution in [0.15, 0.2) is 72.8 Å². The molecule has 2 unspecified atom stereocenters. The largest absolute Gasteiger partial charge is 0.352 e. The monoisotopic (exact) mass is 607 g/mol. The predicted octanol–water partition coefficient (Wildman–Crippen LogP) is 5.45. The normalized spacial score (nSPS) is 12.8. The lowest BCUT2D eigenvalue weighted by Crippen LogP contribution is -2.54. The molecule has 11 heteroatoms. The standard InChI is InChI=1S/C29H32Cl2FN3O4S/c1-4-20(2)33-29(37)27(16-21-8-6-5-7-9-21)34(18-22-10-13-24(32)14-11-22)28(36)19-35(40(3,38)39)26-17-23(30)12-15-25(26)31/h5-15,17,20,27H,4,16,18-19H2,1-3H3,(H,33,37). The van der Waals surface area contributed by atoms with Gasteiger partial charge in [0.05, 0.1) is 17.0 Å². The minimum Gasteiger partial charge on any atom is -0.352 e. The second-order valence-electron chi connectivity index (χ2n) is 9.54. The summed E-state index contributed by atoms with van der Waals surface area (Å²) in [5, 5.41) is 3.27. The van der Waals surface area contributed by atoms with Crippen LogP contribution in [0.25, 0.3) is 0 Å². The topological polar surface area (TPSA) is 86.8 Å². The van der Waals surface area contributed by atoms with Gasteiger partial charge in [0, 0.05) is 24.0 Å². The number of hydrogen-bond donors (Lipinski definition) is 1. The summed E-state index contributed by atoms with van der Waals surface area (Å²) >= 11 is 12.4. The van der Waals surface area contributed by atoms with Crippen molar-refractivity contribution in [2.75, 3.05) is 17.1 Å². The number of carbonyl (C=O) groups excluding carboxylic acids is 2. The molecule has 0 saturated carbocycles. The smallest absolute Gasteiger partial charge is 0.244 e. The van der Waals surface area contributed by atoms with Crippen molar-refractivity contribution in [3.8, 4) is 0 Å². The van der Waals surface area contributed by atoms with Gasteiger partial charge in [0.2, 0.25) is 21.8 Å². The maximum absolute atomic E-state index is 14.0. The van der Waals surface area contributed by atoms with E-state index in [-0.39, 0.29) is 40.6 Å². The quantitative estimate of drug-likeness (QED) is 0.296. The van der Waals surface area contributed by atoms with Crippen LogP contribution >= 0.6 is 23.2 Å². The SMILES string of the molecule is CCC(C)NC(=O)C(Cc1ccccc1)N(Cc1ccc(F)cc1)C(=O)CN(c1cc(Cl)ccc1Cl)S(C)(=O)=O. The maximum atomic E-state index is 14.0. The molecule has 3 rings (SSSR count). The fourth-order valence-corrected chi connectivity index (χ4v) is 5.34. The number of anilines is 1. The average molecular weight is 609 g/mol. The number of amides is 2. The number of hydrogen-bond acceptors (Lipinski definition) is 4. The lowest BCUT2D eigenvalue weighted by molar-refractivity contribution is -0.140. The molecular weight excluding hydrogens is 576 g/mol. The minimum atomic E-state index is -4.00. The molecule has 0 saturated heterocycles. The molecule has 40 heavy (non-hydrogen) atoms. The van der Waals surface area contributed by atoms with E-state index in [4.69, 9.17) is 23.2 Å². The van der Waals surface area contributed by atoms with Gasteiger partial charge < -0.3 is 10.2 Å². The molecule has 2 atom stereocenters. The summed E-state index contributed by atoms with van der Waals surface area (Å²) in [5.41, 5.74) is 1.41. The zero-order valence-corrected chi connectivity index (χ0v) is 24.8. The van der Waals surface area contributed by atoms with E-state index >= 15 is 0 Å². The fraction of sp³-hybridized carbons (Fsp3) is 0.310. The molecule has 0 bridgehead atoms. The number of carbonyl (C=O) groups is 2. The average Bonchev–Trinajstić information content (AvgIpc) is 2.91. The van der Waals surface area contributed by atoms with E-state index < -0.39 is 34.3 Å². The van der Waals surface area contributed by atoms with Crippen molar-refractivity contribution in [1.29, 1.82) is 0 Å². The molecule has 0 radical (unpaired) electrons. The molecule has 0 fully saturated rings. The van der Waals surface area contributed by atoms with Crippen LogP contribution in [0.3, 0.4) is 0 Å². The van der Waals surface area contributed by atoms with Crippen LogP contribution in [-0.2, 0) is 32.6 Å². The molecular formula is C29H32Cl2FN3O4S. The first-order valence-electron chi connectivity index (χ1n) is 12.7. The third kappa shape index (κ3) is 8.68. The van der Waals surface area contributed by atoms with Gasteiger partial charge in [-0.05, 0) is 54.8 Å². The Bertz CT molecular complexity index is 1420. The molecule has 3 aromatic carbocycles. The van der Waals surface area contributed by atoms with Gasteiger partial charge in [-0.25, -0.2) is 12.8 Å². The summed E-state index contributed by atoms with van der Waals surface area (Å²) in [4.78, 5) is 29.0. The first kappa shape index (κ1) is 31.4. The molecule has 7 nitrogen and oxygen atoms in total. The Morgan fingerprint density at radius 2 is 1.62 bits per heavy atom. The third-order valence-corrected chi connectivity index (χ3v) is 8.08. The van der Waals surface area contributed by atoms with Crippen molar-refractivity contribution < 1.29 is 22.4 Å². The molecule has 0 aromatic heterocycles. The highest BCUT2D eigenvalue weighted by Crippen LogP contribution is 2.31. The molecule has 214 valence electrons. The Hall–Kier alpha value is -3.14. The highest BCUT2D eigenvalue weighted by Gasteiger charge is 2.34. The van der Waals surface area contributed by atoms with Gasteiger partial charge >= 0.3 is 0 Å². The minimum absolute atomic E-state index is 0.0374. The van der Waals surface area contributed by atoms with Gasteiger partial charge in [-0.1, -0.05) is 72.6 Å². The number of nitrogens with zero attached hydrogens (tertiary/aromatic N) is 2. The summed E-state index contributed by atoms with van der Waals surface area (Å²) < 4.78 is 40.2. The van der Waals surface area contributed by atoms with E-state index in [1.807, 2.05) is 44.2 Å². The molecule has 2 amide bonds. The Kier molecular flexibility index (Phi) is 11.0. The summed E-state index contributed by atoms with van der Waals surface area (Å²) in [6.07, 6.45) is 1.80. The molecule has 0 aliphatic rings. The maximum Gasteiger partial charge on any atom is 0.244 e. The highest BCUT2D eigenvalue weighted by atomic mass is 35.5. The van der Waals surface area contributed by atoms with Crippen molar-refractivity contribution in [2.24, 2.45) is 0 Å². The van der Waals surface area contributed by atoms with Crippen LogP contribution in [0, 0.1) is 5.82 Å². The molecule has 3 aromatic rings. The Morgan fingerprint density at radius 1 is 0.975 bits per heavy atom. The lowest BCUT2D eigenvalue weighted by atomic mass is 10.0. The first-order valence-corrected chi connectivity index (χ1v) is 15.3. The van der Waals surface area contributed by atoms with Crippen LogP contribution in [0.4, 0.5) is 10.1 Å². The number of benzene rings is 3. The third-order valence-electron chi connectivity index (χ3n) is 6.39. The Balaban J connectivity index is 2.08. The predicted molar refractivity (Wildman–Crippen MR) is 157 cm³/mol. The second-order valence-corrected chi connectivity index (χ2v) is 12.3. The van der Waals surface area contributed by atoms with Crippen molar-refractivity contribution >= 4 is 50.7 Å². The van der Waals surface area contributed by atoms with E-state index in [0.717, 1.165) is 16.1 Å². The summed E-state index contributed by atoms with van der Waals surface area (Å²) in [5.74, 6) is -1.48. The van der Waals surface area contributed by atoms with Gasteiger partial charge in [-0.3, -0.25) is 13.9 Å². The van der Waals surface area contributed by atoms with Gasteiger partial charge in [-0.15, -0.1) is 0 Å². The van der Waals surface area contributed by atoms with Gasteiger partial charge in [-0.2, -0.15) is 0 Å². The summed E-state index contributed by atoms with van der Waals surface area (Å²) in [7, 11) is -4.00. The summed E-state index contributed by atoms with van der Waals surface area (Å²) in [6, 6.07) is 17.9. The highest BCUT2D eigenvalue weighted by molar-refractivity contribution is 7.92. The van der Waals surface area contributed by atoms with Crippen molar-refractivity contribution in [3.05, 3.63) is 99.8 Å². The van der Waals surface area contributed by atoms with Gasteiger partial charge in [0.25, 0.3) is 0 Å². The molecule has 0 heterocycles. The first-order chi connectivity index (χ1) is 18.9. The summed E-state index contributed by atoms with van der Waals surface area (Å²) in [6.45, 7) is 3.08. The number of halogens is 3. The van der Waals surface area contributed by atoms with Crippen LogP contribution in [0.2, 0.25) is 10.0 Å². The van der Waals surface area contributed by atoms with Crippen LogP contribution in [-0.4, -0.2) is 50.0 Å². The van der Waals surface area contributed by atoms with Gasteiger partial charge in [0.15, 0.2) is 0 Å². The molecule has 0 aliphatic heterocycles. The molecule has 0 aliphatic carbocycles. The second kappa shape index (κ2) is 14.0. The van der Waals surface area contributed by atoms with Gasteiger partial charge in [0.1, 0.15) is 18.4 Å². The van der Waals surface area contributed by atoms with Crippen LogP contribution in [0.5, 0.6) is 0 Å². The molecule has 0 spiro atoms. The van der Waals surface area contributed by atoms with E-state index in [0.29, 0.717) is 12.0 Å². The van der Waals surface area contributed by atoms with Crippen molar-refractivity contribution in [2.45, 2.75) is 45.3 Å².